The van der Waals surface area contributed by atoms with Crippen molar-refractivity contribution in [3.63, 3.8) is 0 Å². The Labute approximate surface area is 181 Å². The lowest BCUT2D eigenvalue weighted by molar-refractivity contribution is -0.111. The number of hydrogen-bond acceptors (Lipinski definition) is 6. The molecule has 1 heterocycles. The van der Waals surface area contributed by atoms with E-state index in [1.54, 1.807) is 13.2 Å². The van der Waals surface area contributed by atoms with E-state index in [2.05, 4.69) is 26.2 Å². The second-order valence-electron chi connectivity index (χ2n) is 5.87. The Hall–Kier alpha value is -2.58. The summed E-state index contributed by atoms with van der Waals surface area (Å²) in [6, 6.07) is 9.35. The Morgan fingerprint density at radius 3 is 2.72 bits per heavy atom. The summed E-state index contributed by atoms with van der Waals surface area (Å²) >= 11 is 4.88. The number of anilines is 1. The summed E-state index contributed by atoms with van der Waals surface area (Å²) in [4.78, 5) is 16.8. The first-order valence-electron chi connectivity index (χ1n) is 9.06. The molecular weight excluding hydrogens is 456 g/mol. The zero-order chi connectivity index (χ0) is 20.8. The molecule has 0 bridgehead atoms. The van der Waals surface area contributed by atoms with Gasteiger partial charge >= 0.3 is 0 Å². The number of nitrogens with zero attached hydrogens (tertiary/aromatic N) is 1. The zero-order valence-corrected chi connectivity index (χ0v) is 18.7. The molecule has 0 fully saturated rings. The minimum absolute atomic E-state index is 0.266. The molecule has 1 aromatic heterocycles. The average Bonchev–Trinajstić information content (AvgIpc) is 3.09. The molecular formula is C21H21BrN2O4S. The highest BCUT2D eigenvalue weighted by Crippen LogP contribution is 2.37. The molecule has 0 atom stereocenters. The fourth-order valence-electron chi connectivity index (χ4n) is 2.65. The smallest absolute Gasteiger partial charge is 0.250 e. The van der Waals surface area contributed by atoms with Gasteiger partial charge in [0, 0.05) is 6.08 Å². The minimum atomic E-state index is -0.266. The quantitative estimate of drug-likeness (QED) is 0.433. The fourth-order valence-corrected chi connectivity index (χ4v) is 4.13. The van der Waals surface area contributed by atoms with Crippen molar-refractivity contribution >= 4 is 54.6 Å². The van der Waals surface area contributed by atoms with Gasteiger partial charge in [-0.05, 0) is 71.7 Å². The molecule has 3 aromatic rings. The van der Waals surface area contributed by atoms with E-state index in [1.165, 1.54) is 17.4 Å². The SMILES string of the molecule is CCOc1ccc2nc(NC(=O)/C=C/c3cc(Br)c(OCC)c(OC)c3)sc2c1. The second-order valence-corrected chi connectivity index (χ2v) is 7.76. The molecule has 3 rings (SSSR count). The normalized spacial score (nSPS) is 11.0. The van der Waals surface area contributed by atoms with Gasteiger partial charge in [-0.3, -0.25) is 10.1 Å². The van der Waals surface area contributed by atoms with Crippen LogP contribution in [0.4, 0.5) is 5.13 Å². The van der Waals surface area contributed by atoms with E-state index in [1.807, 2.05) is 44.2 Å². The van der Waals surface area contributed by atoms with Crippen LogP contribution in [0.15, 0.2) is 40.9 Å². The van der Waals surface area contributed by atoms with Gasteiger partial charge in [0.25, 0.3) is 0 Å². The lowest BCUT2D eigenvalue weighted by Crippen LogP contribution is -2.07. The van der Waals surface area contributed by atoms with Gasteiger partial charge in [0.05, 0.1) is 35.0 Å². The molecule has 0 spiro atoms. The topological polar surface area (TPSA) is 69.7 Å². The average molecular weight is 477 g/mol. The van der Waals surface area contributed by atoms with Crippen LogP contribution in [0.1, 0.15) is 19.4 Å². The van der Waals surface area contributed by atoms with E-state index >= 15 is 0 Å². The second kappa shape index (κ2) is 9.76. The summed E-state index contributed by atoms with van der Waals surface area (Å²) in [5.41, 5.74) is 1.62. The van der Waals surface area contributed by atoms with Gasteiger partial charge in [0.2, 0.25) is 5.91 Å². The number of aromatic nitrogens is 1. The molecule has 1 N–H and O–H groups in total. The van der Waals surface area contributed by atoms with Crippen LogP contribution in [0.25, 0.3) is 16.3 Å². The molecule has 0 unspecified atom stereocenters. The van der Waals surface area contributed by atoms with Gasteiger partial charge in [-0.1, -0.05) is 11.3 Å². The number of carbonyl (C=O) groups is 1. The predicted octanol–water partition coefficient (Wildman–Crippen LogP) is 5.52. The van der Waals surface area contributed by atoms with E-state index in [4.69, 9.17) is 14.2 Å². The molecule has 0 radical (unpaired) electrons. The lowest BCUT2D eigenvalue weighted by Gasteiger charge is -2.12. The number of amides is 1. The number of carbonyl (C=O) groups excluding carboxylic acids is 1. The highest BCUT2D eigenvalue weighted by atomic mass is 79.9. The molecule has 6 nitrogen and oxygen atoms in total. The van der Waals surface area contributed by atoms with Crippen molar-refractivity contribution in [2.24, 2.45) is 0 Å². The van der Waals surface area contributed by atoms with Crippen LogP contribution >= 0.6 is 27.3 Å². The number of fused-ring (bicyclic) bond motifs is 1. The van der Waals surface area contributed by atoms with Crippen molar-refractivity contribution in [1.82, 2.24) is 4.98 Å². The van der Waals surface area contributed by atoms with Crippen molar-refractivity contribution in [2.75, 3.05) is 25.6 Å². The number of methoxy groups -OCH3 is 1. The molecule has 2 aromatic carbocycles. The first-order valence-corrected chi connectivity index (χ1v) is 10.7. The molecule has 0 saturated carbocycles. The molecule has 0 saturated heterocycles. The summed E-state index contributed by atoms with van der Waals surface area (Å²) in [5, 5.41) is 3.34. The fraction of sp³-hybridized carbons (Fsp3) is 0.238. The third-order valence-corrected chi connectivity index (χ3v) is 5.39. The van der Waals surface area contributed by atoms with E-state index in [0.717, 1.165) is 26.0 Å². The maximum absolute atomic E-state index is 12.3. The number of thiazole rings is 1. The van der Waals surface area contributed by atoms with Gasteiger partial charge in [-0.15, -0.1) is 0 Å². The highest BCUT2D eigenvalue weighted by molar-refractivity contribution is 9.10. The number of nitrogens with one attached hydrogen (secondary N) is 1. The van der Waals surface area contributed by atoms with Crippen molar-refractivity contribution in [3.8, 4) is 17.2 Å². The molecule has 8 heteroatoms. The third kappa shape index (κ3) is 5.27. The number of benzene rings is 2. The third-order valence-electron chi connectivity index (χ3n) is 3.87. The first-order chi connectivity index (χ1) is 14.0. The van der Waals surface area contributed by atoms with Crippen molar-refractivity contribution in [2.45, 2.75) is 13.8 Å². The Bertz CT molecular complexity index is 1050. The Morgan fingerprint density at radius 2 is 2.00 bits per heavy atom. The Balaban J connectivity index is 1.72. The molecule has 152 valence electrons. The minimum Gasteiger partial charge on any atom is -0.494 e. The van der Waals surface area contributed by atoms with E-state index in [0.29, 0.717) is 29.8 Å². The monoisotopic (exact) mass is 476 g/mol. The van der Waals surface area contributed by atoms with Crippen LogP contribution in [0.5, 0.6) is 17.2 Å². The van der Waals surface area contributed by atoms with E-state index in [-0.39, 0.29) is 5.91 Å². The van der Waals surface area contributed by atoms with Crippen LogP contribution in [-0.4, -0.2) is 31.2 Å². The molecule has 0 aliphatic rings. The first kappa shape index (κ1) is 21.1. The van der Waals surface area contributed by atoms with Crippen LogP contribution in [0.3, 0.4) is 0 Å². The van der Waals surface area contributed by atoms with E-state index in [9.17, 15) is 4.79 Å². The predicted molar refractivity (Wildman–Crippen MR) is 120 cm³/mol. The number of ether oxygens (including phenoxy) is 3. The van der Waals surface area contributed by atoms with Crippen LogP contribution < -0.4 is 19.5 Å². The standard InChI is InChI=1S/C21H21BrN2O4S/c1-4-27-14-7-8-16-18(12-14)29-21(23-16)24-19(25)9-6-13-10-15(22)20(28-5-2)17(11-13)26-3/h6-12H,4-5H2,1-3H3,(H,23,24,25)/b9-6+. The molecule has 0 aliphatic heterocycles. The van der Waals surface area contributed by atoms with Crippen LogP contribution in [0.2, 0.25) is 0 Å². The summed E-state index contributed by atoms with van der Waals surface area (Å²) in [7, 11) is 1.58. The summed E-state index contributed by atoms with van der Waals surface area (Å²) < 4.78 is 18.2. The van der Waals surface area contributed by atoms with Gasteiger partial charge in [-0.2, -0.15) is 0 Å². The van der Waals surface area contributed by atoms with Gasteiger partial charge in [0.1, 0.15) is 5.75 Å². The Kier molecular flexibility index (Phi) is 7.11. The summed E-state index contributed by atoms with van der Waals surface area (Å²) in [6.07, 6.45) is 3.16. The number of halogens is 1. The van der Waals surface area contributed by atoms with Gasteiger partial charge < -0.3 is 14.2 Å². The van der Waals surface area contributed by atoms with Crippen LogP contribution in [0, 0.1) is 0 Å². The maximum atomic E-state index is 12.3. The van der Waals surface area contributed by atoms with Crippen molar-refractivity contribution in [3.05, 3.63) is 46.4 Å². The number of rotatable bonds is 8. The molecule has 1 amide bonds. The van der Waals surface area contributed by atoms with Gasteiger partial charge in [0.15, 0.2) is 16.6 Å². The van der Waals surface area contributed by atoms with Gasteiger partial charge in [-0.25, -0.2) is 4.98 Å². The lowest BCUT2D eigenvalue weighted by atomic mass is 10.2. The maximum Gasteiger partial charge on any atom is 0.250 e. The highest BCUT2D eigenvalue weighted by Gasteiger charge is 2.11. The number of hydrogen-bond donors (Lipinski definition) is 1. The zero-order valence-electron chi connectivity index (χ0n) is 16.3. The largest absolute Gasteiger partial charge is 0.494 e. The molecule has 0 aliphatic carbocycles. The van der Waals surface area contributed by atoms with E-state index < -0.39 is 0 Å². The Morgan fingerprint density at radius 1 is 1.21 bits per heavy atom. The molecule has 29 heavy (non-hydrogen) atoms. The summed E-state index contributed by atoms with van der Waals surface area (Å²) in [6.45, 7) is 4.98. The van der Waals surface area contributed by atoms with Crippen molar-refractivity contribution < 1.29 is 19.0 Å². The van der Waals surface area contributed by atoms with Crippen molar-refractivity contribution in [1.29, 1.82) is 0 Å². The van der Waals surface area contributed by atoms with Crippen LogP contribution in [-0.2, 0) is 4.79 Å². The summed E-state index contributed by atoms with van der Waals surface area (Å²) in [5.74, 6) is 1.75.